The molecule has 3 aromatic rings. The second kappa shape index (κ2) is 10.4. The van der Waals surface area contributed by atoms with Crippen molar-refractivity contribution in [1.29, 1.82) is 0 Å². The number of aromatic nitrogens is 2. The number of nitrogens with zero attached hydrogens (tertiary/aromatic N) is 3. The number of carbonyl (C=O) groups is 1. The highest BCUT2D eigenvalue weighted by molar-refractivity contribution is 5.94. The number of amides is 1. The number of morpholine rings is 1. The zero-order valence-electron chi connectivity index (χ0n) is 17.2. The molecule has 8 heteroatoms. The molecular weight excluding hydrogens is 394 g/mol. The highest BCUT2D eigenvalue weighted by atomic mass is 16.5. The molecule has 0 unspecified atom stereocenters. The maximum Gasteiger partial charge on any atom is 0.251 e. The average Bonchev–Trinajstić information content (AvgIpc) is 2.84. The van der Waals surface area contributed by atoms with E-state index >= 15 is 0 Å². The van der Waals surface area contributed by atoms with E-state index in [1.165, 1.54) is 0 Å². The first-order valence-electron chi connectivity index (χ1n) is 10.3. The molecule has 2 N–H and O–H groups in total. The molecule has 1 aliphatic heterocycles. The fraction of sp³-hybridized carbons (Fsp3) is 0.261. The predicted molar refractivity (Wildman–Crippen MR) is 119 cm³/mol. The smallest absolute Gasteiger partial charge is 0.251 e. The average molecular weight is 419 g/mol. The Labute approximate surface area is 181 Å². The summed E-state index contributed by atoms with van der Waals surface area (Å²) in [4.78, 5) is 14.6. The van der Waals surface area contributed by atoms with Gasteiger partial charge in [0.2, 0.25) is 0 Å². The summed E-state index contributed by atoms with van der Waals surface area (Å²) in [6.07, 6.45) is 1.75. The lowest BCUT2D eigenvalue weighted by atomic mass is 10.2. The number of para-hydroxylation sites is 1. The van der Waals surface area contributed by atoms with E-state index in [2.05, 4.69) is 25.7 Å². The number of hydrogen-bond acceptors (Lipinski definition) is 7. The van der Waals surface area contributed by atoms with Gasteiger partial charge in [0.1, 0.15) is 11.5 Å². The van der Waals surface area contributed by atoms with E-state index in [0.717, 1.165) is 37.7 Å². The third-order valence-electron chi connectivity index (χ3n) is 4.83. The van der Waals surface area contributed by atoms with Gasteiger partial charge in [-0.15, -0.1) is 5.10 Å². The number of nitrogens with one attached hydrogen (secondary N) is 2. The monoisotopic (exact) mass is 419 g/mol. The SMILES string of the molecule is O=C(NCCNc1cc(N2CCOCC2)cnn1)c1ccc(Oc2ccccc2)cc1. The zero-order chi connectivity index (χ0) is 21.3. The summed E-state index contributed by atoms with van der Waals surface area (Å²) in [6, 6.07) is 18.6. The largest absolute Gasteiger partial charge is 0.457 e. The Morgan fingerprint density at radius 2 is 1.74 bits per heavy atom. The van der Waals surface area contributed by atoms with Crippen molar-refractivity contribution in [3.63, 3.8) is 0 Å². The van der Waals surface area contributed by atoms with Crippen LogP contribution in [0.5, 0.6) is 11.5 Å². The Morgan fingerprint density at radius 3 is 2.52 bits per heavy atom. The molecule has 0 saturated carbocycles. The van der Waals surface area contributed by atoms with Crippen molar-refractivity contribution in [1.82, 2.24) is 15.5 Å². The Morgan fingerprint density at radius 1 is 1.00 bits per heavy atom. The molecule has 160 valence electrons. The molecule has 2 aromatic carbocycles. The Kier molecular flexibility index (Phi) is 6.92. The Hall–Kier alpha value is -3.65. The van der Waals surface area contributed by atoms with Gasteiger partial charge in [-0.25, -0.2) is 0 Å². The molecule has 1 aromatic heterocycles. The molecule has 0 atom stereocenters. The summed E-state index contributed by atoms with van der Waals surface area (Å²) in [7, 11) is 0. The van der Waals surface area contributed by atoms with E-state index in [0.29, 0.717) is 30.2 Å². The summed E-state index contributed by atoms with van der Waals surface area (Å²) < 4.78 is 11.1. The first-order valence-corrected chi connectivity index (χ1v) is 10.3. The maximum absolute atomic E-state index is 12.4. The fourth-order valence-corrected chi connectivity index (χ4v) is 3.20. The summed E-state index contributed by atoms with van der Waals surface area (Å²) in [6.45, 7) is 4.13. The fourth-order valence-electron chi connectivity index (χ4n) is 3.20. The van der Waals surface area contributed by atoms with Gasteiger partial charge >= 0.3 is 0 Å². The summed E-state index contributed by atoms with van der Waals surface area (Å²) in [5.41, 5.74) is 1.59. The van der Waals surface area contributed by atoms with Crippen molar-refractivity contribution in [2.45, 2.75) is 0 Å². The van der Waals surface area contributed by atoms with Gasteiger partial charge in [-0.1, -0.05) is 18.2 Å². The van der Waals surface area contributed by atoms with Crippen LogP contribution in [0.4, 0.5) is 11.5 Å². The molecule has 2 heterocycles. The first-order chi connectivity index (χ1) is 15.3. The van der Waals surface area contributed by atoms with Crippen LogP contribution in [0.15, 0.2) is 66.9 Å². The number of hydrogen-bond donors (Lipinski definition) is 2. The third kappa shape index (κ3) is 5.93. The standard InChI is InChI=1S/C23H25N5O3/c29-23(18-6-8-21(9-7-18)31-20-4-2-1-3-5-20)25-11-10-24-22-16-19(17-26-27-22)28-12-14-30-15-13-28/h1-9,16-17H,10-15H2,(H,24,27)(H,25,29). The second-order valence-electron chi connectivity index (χ2n) is 7.02. The number of benzene rings is 2. The molecule has 0 aliphatic carbocycles. The number of ether oxygens (including phenoxy) is 2. The lowest BCUT2D eigenvalue weighted by Crippen LogP contribution is -2.36. The van der Waals surface area contributed by atoms with Crippen molar-refractivity contribution in [3.05, 3.63) is 72.4 Å². The summed E-state index contributed by atoms with van der Waals surface area (Å²) >= 11 is 0. The lowest BCUT2D eigenvalue weighted by Gasteiger charge is -2.28. The van der Waals surface area contributed by atoms with Crippen molar-refractivity contribution in [3.8, 4) is 11.5 Å². The number of rotatable bonds is 8. The topological polar surface area (TPSA) is 88.6 Å². The van der Waals surface area contributed by atoms with E-state index in [-0.39, 0.29) is 5.91 Å². The van der Waals surface area contributed by atoms with Crippen LogP contribution < -0.4 is 20.3 Å². The lowest BCUT2D eigenvalue weighted by molar-refractivity contribution is 0.0955. The van der Waals surface area contributed by atoms with Gasteiger partial charge in [-0.05, 0) is 36.4 Å². The van der Waals surface area contributed by atoms with Gasteiger partial charge in [-0.2, -0.15) is 5.10 Å². The van der Waals surface area contributed by atoms with Gasteiger partial charge in [0, 0.05) is 37.8 Å². The first kappa shape index (κ1) is 20.6. The summed E-state index contributed by atoms with van der Waals surface area (Å²) in [5, 5.41) is 14.3. The van der Waals surface area contributed by atoms with Crippen molar-refractivity contribution >= 4 is 17.4 Å². The Bertz CT molecular complexity index is 976. The van der Waals surface area contributed by atoms with Crippen molar-refractivity contribution < 1.29 is 14.3 Å². The van der Waals surface area contributed by atoms with Gasteiger partial charge in [0.25, 0.3) is 5.91 Å². The molecule has 31 heavy (non-hydrogen) atoms. The van der Waals surface area contributed by atoms with E-state index < -0.39 is 0 Å². The molecule has 1 saturated heterocycles. The van der Waals surface area contributed by atoms with Gasteiger partial charge in [0.05, 0.1) is 25.1 Å². The Balaban J connectivity index is 1.22. The van der Waals surface area contributed by atoms with Crippen LogP contribution in [0.25, 0.3) is 0 Å². The number of carbonyl (C=O) groups excluding carboxylic acids is 1. The predicted octanol–water partition coefficient (Wildman–Crippen LogP) is 2.95. The molecule has 0 radical (unpaired) electrons. The highest BCUT2D eigenvalue weighted by Crippen LogP contribution is 2.21. The highest BCUT2D eigenvalue weighted by Gasteiger charge is 2.12. The van der Waals surface area contributed by atoms with Crippen LogP contribution in [0.1, 0.15) is 10.4 Å². The molecule has 1 amide bonds. The van der Waals surface area contributed by atoms with Crippen molar-refractivity contribution in [2.24, 2.45) is 0 Å². The van der Waals surface area contributed by atoms with Gasteiger partial charge in [-0.3, -0.25) is 4.79 Å². The second-order valence-corrected chi connectivity index (χ2v) is 7.02. The minimum Gasteiger partial charge on any atom is -0.457 e. The van der Waals surface area contributed by atoms with Gasteiger partial charge in [0.15, 0.2) is 5.82 Å². The van der Waals surface area contributed by atoms with Crippen LogP contribution in [-0.4, -0.2) is 55.5 Å². The van der Waals surface area contributed by atoms with Crippen LogP contribution in [0.3, 0.4) is 0 Å². The van der Waals surface area contributed by atoms with Crippen molar-refractivity contribution in [2.75, 3.05) is 49.6 Å². The number of anilines is 2. The molecule has 0 bridgehead atoms. The molecule has 0 spiro atoms. The van der Waals surface area contributed by atoms with E-state index in [9.17, 15) is 4.79 Å². The van der Waals surface area contributed by atoms with Crippen LogP contribution in [0.2, 0.25) is 0 Å². The molecule has 8 nitrogen and oxygen atoms in total. The third-order valence-corrected chi connectivity index (χ3v) is 4.83. The van der Waals surface area contributed by atoms with Crippen LogP contribution in [-0.2, 0) is 4.74 Å². The normalized spacial score (nSPS) is 13.5. The molecule has 4 rings (SSSR count). The van der Waals surface area contributed by atoms with Gasteiger partial charge < -0.3 is 25.0 Å². The van der Waals surface area contributed by atoms with Crippen LogP contribution in [0, 0.1) is 0 Å². The van der Waals surface area contributed by atoms with E-state index in [4.69, 9.17) is 9.47 Å². The maximum atomic E-state index is 12.4. The minimum absolute atomic E-state index is 0.138. The van der Waals surface area contributed by atoms with E-state index in [1.807, 2.05) is 36.4 Å². The zero-order valence-corrected chi connectivity index (χ0v) is 17.2. The molecule has 1 aliphatic rings. The summed E-state index contributed by atoms with van der Waals surface area (Å²) in [5.74, 6) is 1.98. The quantitative estimate of drug-likeness (QED) is 0.543. The van der Waals surface area contributed by atoms with E-state index in [1.54, 1.807) is 30.5 Å². The molecule has 1 fully saturated rings. The van der Waals surface area contributed by atoms with Crippen LogP contribution >= 0.6 is 0 Å². The minimum atomic E-state index is -0.138. The molecular formula is C23H25N5O3.